The van der Waals surface area contributed by atoms with Crippen LogP contribution in [0.2, 0.25) is 0 Å². The number of nitrogens with zero attached hydrogens (tertiary/aromatic N) is 4. The third kappa shape index (κ3) is 5.47. The van der Waals surface area contributed by atoms with Crippen LogP contribution in [0.3, 0.4) is 0 Å². The van der Waals surface area contributed by atoms with E-state index in [4.69, 9.17) is 0 Å². The molecule has 1 amide bonds. The van der Waals surface area contributed by atoms with Crippen molar-refractivity contribution in [2.75, 3.05) is 52.4 Å². The third-order valence-corrected chi connectivity index (χ3v) is 5.96. The van der Waals surface area contributed by atoms with E-state index in [0.29, 0.717) is 6.54 Å². The lowest BCUT2D eigenvalue weighted by atomic mass is 10.1. The molecule has 6 nitrogen and oxygen atoms in total. The number of halogens is 2. The van der Waals surface area contributed by atoms with Crippen LogP contribution in [0.15, 0.2) is 23.2 Å². The van der Waals surface area contributed by atoms with Gasteiger partial charge in [-0.3, -0.25) is 14.7 Å². The number of likely N-dealkylation sites (tertiary alicyclic amines) is 1. The monoisotopic (exact) mass is 421 g/mol. The minimum Gasteiger partial charge on any atom is -0.357 e. The first-order valence-electron chi connectivity index (χ1n) is 11.0. The molecule has 0 saturated carbocycles. The van der Waals surface area contributed by atoms with Gasteiger partial charge in [-0.1, -0.05) is 6.07 Å². The van der Waals surface area contributed by atoms with Crippen molar-refractivity contribution in [2.45, 2.75) is 39.2 Å². The highest BCUT2D eigenvalue weighted by Crippen LogP contribution is 2.15. The lowest BCUT2D eigenvalue weighted by Gasteiger charge is -2.39. The van der Waals surface area contributed by atoms with E-state index in [-0.39, 0.29) is 23.9 Å². The Balaban J connectivity index is 1.54. The predicted octanol–water partition coefficient (Wildman–Crippen LogP) is 2.10. The molecular formula is C22H33F2N5O. The zero-order chi connectivity index (χ0) is 21.5. The number of rotatable bonds is 6. The molecule has 3 rings (SSSR count). The Morgan fingerprint density at radius 3 is 2.30 bits per heavy atom. The van der Waals surface area contributed by atoms with Crippen molar-refractivity contribution in [1.29, 1.82) is 0 Å². The molecule has 0 spiro atoms. The van der Waals surface area contributed by atoms with Gasteiger partial charge in [0.1, 0.15) is 11.6 Å². The Morgan fingerprint density at radius 2 is 1.70 bits per heavy atom. The van der Waals surface area contributed by atoms with Gasteiger partial charge in [-0.25, -0.2) is 8.78 Å². The first-order valence-corrected chi connectivity index (χ1v) is 11.0. The molecule has 0 aromatic heterocycles. The van der Waals surface area contributed by atoms with Crippen molar-refractivity contribution in [3.63, 3.8) is 0 Å². The maximum absolute atomic E-state index is 13.8. The van der Waals surface area contributed by atoms with Crippen molar-refractivity contribution >= 4 is 11.9 Å². The molecule has 0 aliphatic carbocycles. The summed E-state index contributed by atoms with van der Waals surface area (Å²) in [4.78, 5) is 23.6. The summed E-state index contributed by atoms with van der Waals surface area (Å²) in [5.74, 6) is -0.0678. The van der Waals surface area contributed by atoms with E-state index >= 15 is 0 Å². The third-order valence-electron chi connectivity index (χ3n) is 5.96. The predicted molar refractivity (Wildman–Crippen MR) is 114 cm³/mol. The van der Waals surface area contributed by atoms with Crippen molar-refractivity contribution in [3.05, 3.63) is 35.4 Å². The van der Waals surface area contributed by atoms with Gasteiger partial charge in [0.25, 0.3) is 0 Å². The second-order valence-electron chi connectivity index (χ2n) is 7.92. The highest BCUT2D eigenvalue weighted by Gasteiger charge is 2.30. The molecule has 2 fully saturated rings. The standard InChI is InChI=1S/C22H33F2N5O/c1-3-25-22(26-10-9-18-19(23)7-6-8-20(18)24)29-15-13-27(14-16-29)17(2)21(30)28-11-4-5-12-28/h6-8,17H,3-5,9-16H2,1-2H3,(H,25,26). The van der Waals surface area contributed by atoms with Crippen molar-refractivity contribution in [3.8, 4) is 0 Å². The van der Waals surface area contributed by atoms with E-state index in [2.05, 4.69) is 20.1 Å². The van der Waals surface area contributed by atoms with Gasteiger partial charge in [0.15, 0.2) is 5.96 Å². The van der Waals surface area contributed by atoms with Crippen LogP contribution in [0.5, 0.6) is 0 Å². The van der Waals surface area contributed by atoms with E-state index in [1.807, 2.05) is 18.7 Å². The topological polar surface area (TPSA) is 51.2 Å². The minimum absolute atomic E-state index is 0.0798. The number of carbonyl (C=O) groups excluding carboxylic acids is 1. The maximum Gasteiger partial charge on any atom is 0.239 e. The minimum atomic E-state index is -0.527. The lowest BCUT2D eigenvalue weighted by molar-refractivity contribution is -0.135. The van der Waals surface area contributed by atoms with Crippen LogP contribution >= 0.6 is 0 Å². The van der Waals surface area contributed by atoms with Gasteiger partial charge < -0.3 is 15.1 Å². The molecule has 1 aromatic carbocycles. The summed E-state index contributed by atoms with van der Waals surface area (Å²) in [6.45, 7) is 9.88. The number of guanidine groups is 1. The number of aliphatic imine (C=N–C) groups is 1. The number of carbonyl (C=O) groups is 1. The first kappa shape index (κ1) is 22.5. The van der Waals surface area contributed by atoms with Crippen LogP contribution in [-0.4, -0.2) is 85.0 Å². The molecule has 2 saturated heterocycles. The molecule has 166 valence electrons. The van der Waals surface area contributed by atoms with Crippen molar-refractivity contribution in [2.24, 2.45) is 4.99 Å². The first-order chi connectivity index (χ1) is 14.5. The van der Waals surface area contributed by atoms with Gasteiger partial charge >= 0.3 is 0 Å². The van der Waals surface area contributed by atoms with Crippen LogP contribution in [0.1, 0.15) is 32.3 Å². The summed E-state index contributed by atoms with van der Waals surface area (Å²) in [7, 11) is 0. The van der Waals surface area contributed by atoms with Crippen LogP contribution in [0.4, 0.5) is 8.78 Å². The molecule has 1 N–H and O–H groups in total. The number of hydrogen-bond donors (Lipinski definition) is 1. The lowest BCUT2D eigenvalue weighted by Crippen LogP contribution is -2.57. The van der Waals surface area contributed by atoms with E-state index in [1.54, 1.807) is 0 Å². The van der Waals surface area contributed by atoms with Crippen LogP contribution in [-0.2, 0) is 11.2 Å². The zero-order valence-corrected chi connectivity index (χ0v) is 18.0. The fourth-order valence-corrected chi connectivity index (χ4v) is 4.15. The van der Waals surface area contributed by atoms with Crippen molar-refractivity contribution in [1.82, 2.24) is 20.0 Å². The summed E-state index contributed by atoms with van der Waals surface area (Å²) in [6, 6.07) is 3.82. The van der Waals surface area contributed by atoms with E-state index in [0.717, 1.165) is 64.6 Å². The quantitative estimate of drug-likeness (QED) is 0.565. The Bertz CT molecular complexity index is 723. The Kier molecular flexibility index (Phi) is 8.01. The average molecular weight is 422 g/mol. The number of amides is 1. The molecule has 1 aromatic rings. The molecule has 8 heteroatoms. The molecule has 2 heterocycles. The van der Waals surface area contributed by atoms with Gasteiger partial charge in [0.05, 0.1) is 6.04 Å². The molecule has 1 unspecified atom stereocenters. The highest BCUT2D eigenvalue weighted by atomic mass is 19.1. The summed E-state index contributed by atoms with van der Waals surface area (Å²) in [5, 5.41) is 3.27. The number of nitrogens with one attached hydrogen (secondary N) is 1. The normalized spacial score (nSPS) is 19.3. The smallest absolute Gasteiger partial charge is 0.239 e. The molecule has 1 atom stereocenters. The molecule has 2 aliphatic rings. The fourth-order valence-electron chi connectivity index (χ4n) is 4.15. The van der Waals surface area contributed by atoms with Gasteiger partial charge in [0, 0.05) is 57.9 Å². The second kappa shape index (κ2) is 10.7. The van der Waals surface area contributed by atoms with Crippen LogP contribution < -0.4 is 5.32 Å². The largest absolute Gasteiger partial charge is 0.357 e. The van der Waals surface area contributed by atoms with Gasteiger partial charge in [0.2, 0.25) is 5.91 Å². The molecular weight excluding hydrogens is 388 g/mol. The van der Waals surface area contributed by atoms with Crippen LogP contribution in [0, 0.1) is 11.6 Å². The fraction of sp³-hybridized carbons (Fsp3) is 0.636. The van der Waals surface area contributed by atoms with Crippen molar-refractivity contribution < 1.29 is 13.6 Å². The summed E-state index contributed by atoms with van der Waals surface area (Å²) in [5.41, 5.74) is 0.0798. The van der Waals surface area contributed by atoms with Gasteiger partial charge in [-0.15, -0.1) is 0 Å². The Hall–Kier alpha value is -2.22. The summed E-state index contributed by atoms with van der Waals surface area (Å²) >= 11 is 0. The zero-order valence-electron chi connectivity index (χ0n) is 18.0. The SMILES string of the molecule is CCNC(=NCCc1c(F)cccc1F)N1CCN(C(C)C(=O)N2CCCC2)CC1. The Labute approximate surface area is 177 Å². The highest BCUT2D eigenvalue weighted by molar-refractivity contribution is 5.82. The maximum atomic E-state index is 13.8. The second-order valence-corrected chi connectivity index (χ2v) is 7.92. The van der Waals surface area contributed by atoms with E-state index in [1.165, 1.54) is 18.2 Å². The molecule has 2 aliphatic heterocycles. The number of piperazine rings is 1. The molecule has 30 heavy (non-hydrogen) atoms. The Morgan fingerprint density at radius 1 is 1.07 bits per heavy atom. The van der Waals surface area contributed by atoms with Crippen LogP contribution in [0.25, 0.3) is 0 Å². The summed E-state index contributed by atoms with van der Waals surface area (Å²) < 4.78 is 27.6. The molecule has 0 radical (unpaired) electrons. The average Bonchev–Trinajstić information content (AvgIpc) is 3.29. The van der Waals surface area contributed by atoms with E-state index in [9.17, 15) is 13.6 Å². The molecule has 0 bridgehead atoms. The number of hydrogen-bond acceptors (Lipinski definition) is 3. The number of benzene rings is 1. The van der Waals surface area contributed by atoms with Gasteiger partial charge in [-0.2, -0.15) is 0 Å². The van der Waals surface area contributed by atoms with E-state index < -0.39 is 11.6 Å². The van der Waals surface area contributed by atoms with Gasteiger partial charge in [-0.05, 0) is 45.2 Å². The summed E-state index contributed by atoms with van der Waals surface area (Å²) in [6.07, 6.45) is 2.42.